The summed E-state index contributed by atoms with van der Waals surface area (Å²) in [5.41, 5.74) is 1.11. The minimum atomic E-state index is 0.0120. The molecule has 132 valence electrons. The van der Waals surface area contributed by atoms with E-state index in [9.17, 15) is 4.79 Å². The molecule has 1 aromatic rings. The monoisotopic (exact) mass is 333 g/mol. The number of pyridine rings is 1. The van der Waals surface area contributed by atoms with Gasteiger partial charge in [0.2, 0.25) is 5.91 Å². The van der Waals surface area contributed by atoms with Crippen molar-refractivity contribution in [3.63, 3.8) is 0 Å². The third-order valence-corrected chi connectivity index (χ3v) is 4.98. The topological polar surface area (TPSA) is 54.9 Å². The van der Waals surface area contributed by atoms with Crippen LogP contribution in [-0.2, 0) is 20.8 Å². The molecule has 24 heavy (non-hydrogen) atoms. The molecule has 2 fully saturated rings. The number of likely N-dealkylation sites (N-methyl/N-ethyl adjacent to an activating group) is 1. The lowest BCUT2D eigenvalue weighted by Crippen LogP contribution is -2.27. The van der Waals surface area contributed by atoms with Crippen LogP contribution in [0.3, 0.4) is 0 Å². The van der Waals surface area contributed by atoms with Gasteiger partial charge < -0.3 is 14.4 Å². The Morgan fingerprint density at radius 3 is 3.04 bits per heavy atom. The molecular weight excluding hydrogens is 306 g/mol. The smallest absolute Gasteiger partial charge is 0.248 e. The van der Waals surface area contributed by atoms with Crippen molar-refractivity contribution in [3.8, 4) is 0 Å². The Morgan fingerprint density at radius 2 is 2.29 bits per heavy atom. The van der Waals surface area contributed by atoms with E-state index in [-0.39, 0.29) is 12.5 Å². The molecule has 0 spiro atoms. The Hall–Kier alpha value is -1.50. The predicted molar refractivity (Wildman–Crippen MR) is 90.4 cm³/mol. The number of carbonyl (C=O) groups excluding carboxylic acids is 1. The van der Waals surface area contributed by atoms with Crippen LogP contribution in [0.4, 0.5) is 0 Å². The van der Waals surface area contributed by atoms with Crippen LogP contribution in [0, 0.1) is 11.8 Å². The molecule has 6 heteroatoms. The number of fused-ring (bicyclic) bond motifs is 1. The number of aromatic nitrogens is 1. The summed E-state index contributed by atoms with van der Waals surface area (Å²) in [4.78, 5) is 19.9. The van der Waals surface area contributed by atoms with Crippen molar-refractivity contribution in [3.05, 3.63) is 30.1 Å². The molecule has 0 N–H and O–H groups in total. The number of hydrogen-bond donors (Lipinski definition) is 0. The lowest BCUT2D eigenvalue weighted by atomic mass is 9.91. The van der Waals surface area contributed by atoms with Gasteiger partial charge >= 0.3 is 0 Å². The minimum Gasteiger partial charge on any atom is -0.376 e. The average molecular weight is 333 g/mol. The van der Waals surface area contributed by atoms with E-state index < -0.39 is 0 Å². The highest BCUT2D eigenvalue weighted by atomic mass is 16.5. The molecule has 1 amide bonds. The van der Waals surface area contributed by atoms with E-state index in [2.05, 4.69) is 16.0 Å². The van der Waals surface area contributed by atoms with Crippen molar-refractivity contribution in [2.45, 2.75) is 19.1 Å². The van der Waals surface area contributed by atoms with Gasteiger partial charge in [-0.15, -0.1) is 0 Å². The Morgan fingerprint density at radius 1 is 1.42 bits per heavy atom. The van der Waals surface area contributed by atoms with Crippen LogP contribution < -0.4 is 0 Å². The van der Waals surface area contributed by atoms with E-state index in [1.165, 1.54) is 0 Å². The fourth-order valence-corrected chi connectivity index (χ4v) is 3.55. The number of amides is 1. The molecule has 2 aliphatic heterocycles. The Bertz CT molecular complexity index is 538. The third-order valence-electron chi connectivity index (χ3n) is 4.98. The van der Waals surface area contributed by atoms with Crippen LogP contribution in [0.2, 0.25) is 0 Å². The summed E-state index contributed by atoms with van der Waals surface area (Å²) in [6, 6.07) is 6.05. The quantitative estimate of drug-likeness (QED) is 0.698. The molecule has 3 heterocycles. The number of ether oxygens (including phenoxy) is 2. The summed E-state index contributed by atoms with van der Waals surface area (Å²) < 4.78 is 11.5. The van der Waals surface area contributed by atoms with E-state index in [0.717, 1.165) is 38.4 Å². The molecular formula is C18H27N3O3. The molecule has 0 bridgehead atoms. The summed E-state index contributed by atoms with van der Waals surface area (Å²) in [6.45, 7) is 4.54. The third kappa shape index (κ3) is 4.32. The summed E-state index contributed by atoms with van der Waals surface area (Å²) in [6.07, 6.45) is 3.14. The van der Waals surface area contributed by atoms with Gasteiger partial charge in [0.1, 0.15) is 6.61 Å². The molecule has 0 aromatic carbocycles. The molecule has 2 aliphatic rings. The average Bonchev–Trinajstić information content (AvgIpc) is 3.13. The van der Waals surface area contributed by atoms with Crippen molar-refractivity contribution in [1.29, 1.82) is 0 Å². The predicted octanol–water partition coefficient (Wildman–Crippen LogP) is 1.02. The number of rotatable bonds is 7. The van der Waals surface area contributed by atoms with Gasteiger partial charge in [-0.05, 0) is 24.5 Å². The lowest BCUT2D eigenvalue weighted by Gasteiger charge is -2.19. The maximum Gasteiger partial charge on any atom is 0.248 e. The van der Waals surface area contributed by atoms with Crippen LogP contribution in [-0.4, -0.2) is 73.8 Å². The molecule has 3 rings (SSSR count). The Balaban J connectivity index is 1.41. The minimum absolute atomic E-state index is 0.0120. The highest BCUT2D eigenvalue weighted by Gasteiger charge is 2.43. The van der Waals surface area contributed by atoms with E-state index in [1.54, 1.807) is 19.0 Å². The first-order chi connectivity index (χ1) is 11.6. The van der Waals surface area contributed by atoms with Crippen LogP contribution in [0.5, 0.6) is 0 Å². The first kappa shape index (κ1) is 17.3. The molecule has 2 saturated heterocycles. The van der Waals surface area contributed by atoms with Gasteiger partial charge in [0.05, 0.1) is 18.4 Å². The van der Waals surface area contributed by atoms with Gasteiger partial charge in [-0.3, -0.25) is 14.7 Å². The molecule has 0 saturated carbocycles. The van der Waals surface area contributed by atoms with Gasteiger partial charge in [-0.1, -0.05) is 6.07 Å². The van der Waals surface area contributed by atoms with Crippen molar-refractivity contribution >= 4 is 5.91 Å². The summed E-state index contributed by atoms with van der Waals surface area (Å²) in [5.74, 6) is 1.11. The van der Waals surface area contributed by atoms with Crippen molar-refractivity contribution in [2.75, 3.05) is 47.0 Å². The number of likely N-dealkylation sites (tertiary alicyclic amines) is 1. The van der Waals surface area contributed by atoms with E-state index in [1.807, 2.05) is 18.3 Å². The SMILES string of the molecule is CN(C)C(=O)COCC[C@@H]1CO[C@@H]2CN(Cc3ccccn3)C[C@H]12. The Labute approximate surface area is 143 Å². The molecule has 0 unspecified atom stereocenters. The van der Waals surface area contributed by atoms with Gasteiger partial charge in [-0.25, -0.2) is 0 Å². The second-order valence-electron chi connectivity index (χ2n) is 6.94. The largest absolute Gasteiger partial charge is 0.376 e. The van der Waals surface area contributed by atoms with Crippen molar-refractivity contribution in [2.24, 2.45) is 11.8 Å². The molecule has 3 atom stereocenters. The van der Waals surface area contributed by atoms with Gasteiger partial charge in [-0.2, -0.15) is 0 Å². The second kappa shape index (κ2) is 8.05. The first-order valence-electron chi connectivity index (χ1n) is 8.65. The van der Waals surface area contributed by atoms with Crippen LogP contribution in [0.1, 0.15) is 12.1 Å². The first-order valence-corrected chi connectivity index (χ1v) is 8.65. The van der Waals surface area contributed by atoms with Crippen molar-refractivity contribution < 1.29 is 14.3 Å². The highest BCUT2D eigenvalue weighted by Crippen LogP contribution is 2.35. The van der Waals surface area contributed by atoms with Gasteiger partial charge in [0.25, 0.3) is 0 Å². The van der Waals surface area contributed by atoms with Crippen molar-refractivity contribution in [1.82, 2.24) is 14.8 Å². The molecule has 6 nitrogen and oxygen atoms in total. The normalized spacial score (nSPS) is 26.5. The van der Waals surface area contributed by atoms with E-state index >= 15 is 0 Å². The number of hydrogen-bond acceptors (Lipinski definition) is 5. The molecule has 0 radical (unpaired) electrons. The summed E-state index contributed by atoms with van der Waals surface area (Å²) >= 11 is 0. The molecule has 1 aromatic heterocycles. The summed E-state index contributed by atoms with van der Waals surface area (Å²) in [5, 5.41) is 0. The lowest BCUT2D eigenvalue weighted by molar-refractivity contribution is -0.133. The second-order valence-corrected chi connectivity index (χ2v) is 6.94. The van der Waals surface area contributed by atoms with Gasteiger partial charge in [0, 0.05) is 52.5 Å². The maximum absolute atomic E-state index is 11.5. The maximum atomic E-state index is 11.5. The fraction of sp³-hybridized carbons (Fsp3) is 0.667. The summed E-state index contributed by atoms with van der Waals surface area (Å²) in [7, 11) is 3.49. The van der Waals surface area contributed by atoms with E-state index in [0.29, 0.717) is 24.5 Å². The zero-order chi connectivity index (χ0) is 16.9. The molecule has 0 aliphatic carbocycles. The number of carbonyl (C=O) groups is 1. The highest BCUT2D eigenvalue weighted by molar-refractivity contribution is 5.76. The zero-order valence-corrected chi connectivity index (χ0v) is 14.6. The zero-order valence-electron chi connectivity index (χ0n) is 14.6. The van der Waals surface area contributed by atoms with Crippen LogP contribution in [0.25, 0.3) is 0 Å². The van der Waals surface area contributed by atoms with Crippen LogP contribution >= 0.6 is 0 Å². The standard InChI is InChI=1S/C18H27N3O3/c1-20(2)18(22)13-23-8-6-14-12-24-17-11-21(10-16(14)17)9-15-5-3-4-7-19-15/h3-5,7,14,16-17H,6,8-13H2,1-2H3/t14-,16-,17-/m1/s1. The Kier molecular flexibility index (Phi) is 5.81. The van der Waals surface area contributed by atoms with Gasteiger partial charge in [0.15, 0.2) is 0 Å². The van der Waals surface area contributed by atoms with E-state index in [4.69, 9.17) is 9.47 Å². The fourth-order valence-electron chi connectivity index (χ4n) is 3.55. The van der Waals surface area contributed by atoms with Crippen LogP contribution in [0.15, 0.2) is 24.4 Å². The number of nitrogens with zero attached hydrogens (tertiary/aromatic N) is 3.